The Hall–Kier alpha value is -6.60. The van der Waals surface area contributed by atoms with Gasteiger partial charge in [0.1, 0.15) is 0 Å². The minimum absolute atomic E-state index is 0.00963. The Morgan fingerprint density at radius 1 is 0.492 bits per heavy atom. The first-order valence-electron chi connectivity index (χ1n) is 21.1. The van der Waals surface area contributed by atoms with E-state index in [4.69, 9.17) is 0 Å². The lowest BCUT2D eigenvalue weighted by atomic mass is 9.36. The van der Waals surface area contributed by atoms with Crippen molar-refractivity contribution < 1.29 is 0 Å². The van der Waals surface area contributed by atoms with Gasteiger partial charge in [-0.2, -0.15) is 0 Å². The second-order valence-electron chi connectivity index (χ2n) is 17.4. The fraction of sp³-hybridized carbons (Fsp3) is 0.0909. The summed E-state index contributed by atoms with van der Waals surface area (Å²) in [5.74, 6) is 0. The van der Waals surface area contributed by atoms with E-state index in [9.17, 15) is 0 Å². The average Bonchev–Trinajstić information content (AvgIpc) is 3.86. The summed E-state index contributed by atoms with van der Waals surface area (Å²) in [5.41, 5.74) is 16.1. The standard InChI is InChI=1S/C55H42BN3S2/c1-35-32-47-51-48(33-35)59(46-24-15-21-42-41-20-11-14-25-49(41)60-53(42)46)45-23-13-12-22-44(45)56(51)54-52(43-34-36(55(2,3)4)26-31-50(43)61-54)58(47)40-29-27-39(28-30-40)57(37-16-7-5-8-17-37)38-18-9-6-10-19-38/h5-34H,1-4H3. The monoisotopic (exact) mass is 819 g/mol. The molecule has 12 rings (SSSR count). The topological polar surface area (TPSA) is 9.72 Å². The molecule has 292 valence electrons. The van der Waals surface area contributed by atoms with Gasteiger partial charge < -0.3 is 14.7 Å². The molecule has 0 atom stereocenters. The number of hydrogen-bond acceptors (Lipinski definition) is 5. The smallest absolute Gasteiger partial charge is 0.264 e. The summed E-state index contributed by atoms with van der Waals surface area (Å²) in [6, 6.07) is 67.5. The third kappa shape index (κ3) is 5.62. The van der Waals surface area contributed by atoms with E-state index in [2.05, 4.69) is 224 Å². The molecule has 4 heterocycles. The predicted molar refractivity (Wildman–Crippen MR) is 267 cm³/mol. The lowest BCUT2D eigenvalue weighted by molar-refractivity contribution is 0.591. The van der Waals surface area contributed by atoms with Crippen LogP contribution in [0.15, 0.2) is 182 Å². The number of thiophene rings is 2. The van der Waals surface area contributed by atoms with Gasteiger partial charge in [-0.15, -0.1) is 22.7 Å². The van der Waals surface area contributed by atoms with Crippen molar-refractivity contribution in [3.05, 3.63) is 193 Å². The number of para-hydroxylation sites is 3. The highest BCUT2D eigenvalue weighted by molar-refractivity contribution is 7.33. The fourth-order valence-electron chi connectivity index (χ4n) is 9.82. The van der Waals surface area contributed by atoms with E-state index in [1.807, 2.05) is 22.7 Å². The van der Waals surface area contributed by atoms with Crippen LogP contribution in [0.2, 0.25) is 0 Å². The van der Waals surface area contributed by atoms with Gasteiger partial charge in [0, 0.05) is 70.1 Å². The molecule has 0 bridgehead atoms. The van der Waals surface area contributed by atoms with Crippen LogP contribution in [0.4, 0.5) is 51.2 Å². The summed E-state index contributed by atoms with van der Waals surface area (Å²) in [7, 11) is 0. The fourth-order valence-corrected chi connectivity index (χ4v) is 12.3. The molecule has 2 aromatic heterocycles. The molecule has 0 aliphatic carbocycles. The number of anilines is 9. The van der Waals surface area contributed by atoms with Gasteiger partial charge in [0.05, 0.1) is 16.1 Å². The van der Waals surface area contributed by atoms with Gasteiger partial charge >= 0.3 is 0 Å². The second kappa shape index (κ2) is 13.7. The van der Waals surface area contributed by atoms with Gasteiger partial charge in [-0.05, 0) is 125 Å². The van der Waals surface area contributed by atoms with Crippen molar-refractivity contribution in [1.29, 1.82) is 0 Å². The first-order valence-corrected chi connectivity index (χ1v) is 22.8. The van der Waals surface area contributed by atoms with Gasteiger partial charge in [-0.3, -0.25) is 0 Å². The first kappa shape index (κ1) is 36.3. The molecule has 8 aromatic carbocycles. The summed E-state index contributed by atoms with van der Waals surface area (Å²) in [5, 5.41) is 3.94. The number of rotatable bonds is 5. The summed E-state index contributed by atoms with van der Waals surface area (Å²) in [6.07, 6.45) is 0. The van der Waals surface area contributed by atoms with Crippen LogP contribution < -0.4 is 30.4 Å². The maximum atomic E-state index is 2.59. The lowest BCUT2D eigenvalue weighted by Gasteiger charge is -2.43. The minimum Gasteiger partial charge on any atom is -0.311 e. The summed E-state index contributed by atoms with van der Waals surface area (Å²) < 4.78 is 5.34. The maximum Gasteiger partial charge on any atom is 0.264 e. The molecule has 6 heteroatoms. The largest absolute Gasteiger partial charge is 0.311 e. The molecular formula is C55H42BN3S2. The third-order valence-electron chi connectivity index (χ3n) is 12.6. The maximum absolute atomic E-state index is 2.59. The second-order valence-corrected chi connectivity index (χ2v) is 19.6. The van der Waals surface area contributed by atoms with E-state index in [0.29, 0.717) is 0 Å². The molecule has 0 saturated carbocycles. The molecule has 61 heavy (non-hydrogen) atoms. The molecule has 2 aliphatic heterocycles. The molecular weight excluding hydrogens is 778 g/mol. The van der Waals surface area contributed by atoms with Crippen molar-refractivity contribution in [3.8, 4) is 0 Å². The predicted octanol–water partition coefficient (Wildman–Crippen LogP) is 14.4. The molecule has 2 aliphatic rings. The van der Waals surface area contributed by atoms with Gasteiger partial charge in [-0.1, -0.05) is 112 Å². The number of aryl methyl sites for hydroxylation is 1. The lowest BCUT2D eigenvalue weighted by Crippen LogP contribution is -2.60. The average molecular weight is 820 g/mol. The van der Waals surface area contributed by atoms with Crippen LogP contribution in [0.5, 0.6) is 0 Å². The number of hydrogen-bond donors (Lipinski definition) is 0. The van der Waals surface area contributed by atoms with E-state index >= 15 is 0 Å². The van der Waals surface area contributed by atoms with Crippen LogP contribution in [-0.2, 0) is 5.41 Å². The zero-order chi connectivity index (χ0) is 41.0. The first-order chi connectivity index (χ1) is 29.8. The van der Waals surface area contributed by atoms with Crippen molar-refractivity contribution in [1.82, 2.24) is 0 Å². The van der Waals surface area contributed by atoms with Gasteiger partial charge in [0.2, 0.25) is 0 Å². The Morgan fingerprint density at radius 2 is 1.10 bits per heavy atom. The Bertz CT molecular complexity index is 3290. The van der Waals surface area contributed by atoms with E-state index < -0.39 is 0 Å². The molecule has 10 aromatic rings. The molecule has 0 N–H and O–H groups in total. The van der Waals surface area contributed by atoms with E-state index in [1.165, 1.54) is 85.5 Å². The summed E-state index contributed by atoms with van der Waals surface area (Å²) in [6.45, 7) is 9.31. The SMILES string of the molecule is Cc1cc2c3c(c1)N(c1cccc4c1sc1ccccc14)c1ccccc1B3c1sc3ccc(C(C)(C)C)cc3c1N2c1ccc(N(c2ccccc2)c2ccccc2)cc1. The van der Waals surface area contributed by atoms with E-state index in [1.54, 1.807) is 0 Å². The van der Waals surface area contributed by atoms with Crippen molar-refractivity contribution in [2.75, 3.05) is 14.7 Å². The molecule has 0 radical (unpaired) electrons. The summed E-state index contributed by atoms with van der Waals surface area (Å²) in [4.78, 5) is 7.51. The number of benzene rings is 8. The van der Waals surface area contributed by atoms with Gasteiger partial charge in [-0.25, -0.2) is 0 Å². The van der Waals surface area contributed by atoms with E-state index in [-0.39, 0.29) is 12.1 Å². The Kier molecular flexibility index (Phi) is 8.16. The quantitative estimate of drug-likeness (QED) is 0.160. The molecule has 0 amide bonds. The van der Waals surface area contributed by atoms with E-state index in [0.717, 1.165) is 22.7 Å². The molecule has 3 nitrogen and oxygen atoms in total. The Morgan fingerprint density at radius 3 is 1.84 bits per heavy atom. The molecule has 0 saturated heterocycles. The Balaban J connectivity index is 1.12. The van der Waals surface area contributed by atoms with Crippen LogP contribution in [0, 0.1) is 6.92 Å². The van der Waals surface area contributed by atoms with Crippen molar-refractivity contribution in [2.24, 2.45) is 0 Å². The normalized spacial score (nSPS) is 13.1. The Labute approximate surface area is 365 Å². The third-order valence-corrected chi connectivity index (χ3v) is 15.0. The van der Waals surface area contributed by atoms with Crippen LogP contribution in [-0.4, -0.2) is 6.71 Å². The summed E-state index contributed by atoms with van der Waals surface area (Å²) >= 11 is 3.86. The highest BCUT2D eigenvalue weighted by Gasteiger charge is 2.45. The van der Waals surface area contributed by atoms with Gasteiger partial charge in [0.25, 0.3) is 6.71 Å². The minimum atomic E-state index is 0.00963. The van der Waals surface area contributed by atoms with Crippen molar-refractivity contribution in [2.45, 2.75) is 33.1 Å². The van der Waals surface area contributed by atoms with Crippen LogP contribution in [0.3, 0.4) is 0 Å². The van der Waals surface area contributed by atoms with Crippen LogP contribution in [0.1, 0.15) is 31.9 Å². The highest BCUT2D eigenvalue weighted by atomic mass is 32.1. The zero-order valence-corrected chi connectivity index (χ0v) is 36.2. The number of nitrogens with zero attached hydrogens (tertiary/aromatic N) is 3. The van der Waals surface area contributed by atoms with Crippen molar-refractivity contribution >= 4 is 127 Å². The van der Waals surface area contributed by atoms with Crippen molar-refractivity contribution in [3.63, 3.8) is 0 Å². The molecule has 0 spiro atoms. The molecule has 0 unspecified atom stereocenters. The highest BCUT2D eigenvalue weighted by Crippen LogP contribution is 2.51. The number of fused-ring (bicyclic) bond motifs is 9. The van der Waals surface area contributed by atoms with Gasteiger partial charge in [0.15, 0.2) is 0 Å². The van der Waals surface area contributed by atoms with Crippen LogP contribution >= 0.6 is 22.7 Å². The van der Waals surface area contributed by atoms with Crippen LogP contribution in [0.25, 0.3) is 30.3 Å². The molecule has 0 fully saturated rings. The zero-order valence-electron chi connectivity index (χ0n) is 34.6.